The van der Waals surface area contributed by atoms with Crippen molar-refractivity contribution in [3.8, 4) is 5.75 Å². The second-order valence-electron chi connectivity index (χ2n) is 10.8. The highest BCUT2D eigenvalue weighted by atomic mass is 32.2. The third kappa shape index (κ3) is 7.58. The van der Waals surface area contributed by atoms with Gasteiger partial charge in [-0.25, -0.2) is 8.42 Å². The van der Waals surface area contributed by atoms with Gasteiger partial charge in [0, 0.05) is 43.2 Å². The zero-order valence-corrected chi connectivity index (χ0v) is 26.2. The molecule has 2 aliphatic heterocycles. The lowest BCUT2D eigenvalue weighted by Gasteiger charge is -2.32. The van der Waals surface area contributed by atoms with Gasteiger partial charge >= 0.3 is 0 Å². The molecule has 0 saturated carbocycles. The number of sulfonamides is 1. The molecule has 1 fully saturated rings. The summed E-state index contributed by atoms with van der Waals surface area (Å²) in [5.41, 5.74) is 1.12. The number of likely N-dealkylation sites (tertiary alicyclic amines) is 1. The highest BCUT2D eigenvalue weighted by Crippen LogP contribution is 2.38. The van der Waals surface area contributed by atoms with Crippen molar-refractivity contribution in [1.29, 1.82) is 0 Å². The number of benzene rings is 2. The summed E-state index contributed by atoms with van der Waals surface area (Å²) in [6, 6.07) is 14.3. The molecule has 5 rings (SSSR count). The molecule has 232 valence electrons. The monoisotopic (exact) mass is 628 g/mol. The van der Waals surface area contributed by atoms with E-state index in [1.54, 1.807) is 23.5 Å². The number of fused-ring (bicyclic) bond motifs is 1. The van der Waals surface area contributed by atoms with Crippen LogP contribution in [0.3, 0.4) is 0 Å². The molecule has 1 saturated heterocycles. The highest BCUT2D eigenvalue weighted by Gasteiger charge is 2.33. The first-order chi connectivity index (χ1) is 20.9. The molecule has 0 aliphatic carbocycles. The van der Waals surface area contributed by atoms with Gasteiger partial charge in [-0.2, -0.15) is 4.31 Å². The van der Waals surface area contributed by atoms with E-state index in [1.165, 1.54) is 34.7 Å². The van der Waals surface area contributed by atoms with Crippen molar-refractivity contribution in [2.75, 3.05) is 46.5 Å². The Labute approximate surface area is 257 Å². The smallest absolute Gasteiger partial charge is 0.288 e. The maximum absolute atomic E-state index is 13.7. The van der Waals surface area contributed by atoms with Crippen molar-refractivity contribution in [2.45, 2.75) is 55.6 Å². The summed E-state index contributed by atoms with van der Waals surface area (Å²) in [4.78, 5) is 15.7. The van der Waals surface area contributed by atoms with Crippen LogP contribution < -0.4 is 4.74 Å². The third-order valence-electron chi connectivity index (χ3n) is 8.01. The zero-order chi connectivity index (χ0) is 30.2. The van der Waals surface area contributed by atoms with Crippen LogP contribution in [0, 0.1) is 0 Å². The molecule has 0 unspecified atom stereocenters. The minimum absolute atomic E-state index is 0.0138. The van der Waals surface area contributed by atoms with E-state index in [4.69, 9.17) is 14.2 Å². The Balaban J connectivity index is 1.32. The average Bonchev–Trinajstić information content (AvgIpc) is 3.44. The minimum Gasteiger partial charge on any atom is -0.497 e. The highest BCUT2D eigenvalue weighted by molar-refractivity contribution is 7.89. The van der Waals surface area contributed by atoms with E-state index < -0.39 is 16.3 Å². The number of hydrogen-bond donors (Lipinski definition) is 1. The molecule has 1 amide bonds. The lowest BCUT2D eigenvalue weighted by molar-refractivity contribution is -0.153. The fourth-order valence-electron chi connectivity index (χ4n) is 5.67. The summed E-state index contributed by atoms with van der Waals surface area (Å²) >= 11 is 1.67. The van der Waals surface area contributed by atoms with Crippen molar-refractivity contribution in [3.05, 3.63) is 71.3 Å². The molecular weight excluding hydrogens is 588 g/mol. The Morgan fingerprint density at radius 1 is 1.05 bits per heavy atom. The standard InChI is InChI=1S/C32H40N2O7S2/c1-39-25-11-13-26(14-12-25)43(37,38)34(17-19-35)18-20-40-31-22-24(28-23-42-30-10-6-5-9-27(28)30)21-29(41-31)32(36)33-15-7-3-2-4-8-16-33/h5-6,9-14,21,23-24,31,35H,2-4,7-8,15-20,22H2,1H3/t24-,31+/m1/s1. The van der Waals surface area contributed by atoms with Crippen molar-refractivity contribution in [1.82, 2.24) is 9.21 Å². The molecule has 43 heavy (non-hydrogen) atoms. The van der Waals surface area contributed by atoms with Crippen LogP contribution in [0.15, 0.2) is 70.6 Å². The van der Waals surface area contributed by atoms with Crippen molar-refractivity contribution in [3.63, 3.8) is 0 Å². The summed E-state index contributed by atoms with van der Waals surface area (Å²) in [5.74, 6) is 0.617. The molecule has 0 spiro atoms. The van der Waals surface area contributed by atoms with Gasteiger partial charge in [-0.1, -0.05) is 37.5 Å². The second-order valence-corrected chi connectivity index (χ2v) is 13.7. The number of carbonyl (C=O) groups excluding carboxylic acids is 1. The molecule has 2 aromatic carbocycles. The van der Waals surface area contributed by atoms with Crippen LogP contribution in [-0.2, 0) is 24.3 Å². The number of ether oxygens (including phenoxy) is 3. The number of methoxy groups -OCH3 is 1. The van der Waals surface area contributed by atoms with Gasteiger partial charge in [-0.15, -0.1) is 11.3 Å². The molecular formula is C32H40N2O7S2. The predicted octanol–water partition coefficient (Wildman–Crippen LogP) is 5.12. The maximum atomic E-state index is 13.7. The summed E-state index contributed by atoms with van der Waals surface area (Å²) in [7, 11) is -2.37. The van der Waals surface area contributed by atoms with E-state index in [9.17, 15) is 18.3 Å². The van der Waals surface area contributed by atoms with Crippen molar-refractivity contribution < 1.29 is 32.5 Å². The molecule has 1 N–H and O–H groups in total. The van der Waals surface area contributed by atoms with Crippen molar-refractivity contribution in [2.24, 2.45) is 0 Å². The topological polar surface area (TPSA) is 106 Å². The fourth-order valence-corrected chi connectivity index (χ4v) is 8.11. The molecule has 11 heteroatoms. The average molecular weight is 629 g/mol. The molecule has 3 aromatic rings. The van der Waals surface area contributed by atoms with E-state index in [-0.39, 0.29) is 48.8 Å². The second kappa shape index (κ2) is 14.7. The normalized spacial score (nSPS) is 19.9. The zero-order valence-electron chi connectivity index (χ0n) is 24.5. The van der Waals surface area contributed by atoms with Crippen molar-refractivity contribution >= 4 is 37.4 Å². The first-order valence-corrected chi connectivity index (χ1v) is 17.2. The Morgan fingerprint density at radius 2 is 1.77 bits per heavy atom. The van der Waals surface area contributed by atoms with Crippen LogP contribution >= 0.6 is 11.3 Å². The summed E-state index contributed by atoms with van der Waals surface area (Å²) < 4.78 is 46.5. The van der Waals surface area contributed by atoms with E-state index in [0.29, 0.717) is 25.3 Å². The number of thiophene rings is 1. The number of allylic oxidation sites excluding steroid dienone is 1. The number of nitrogens with zero attached hydrogens (tertiary/aromatic N) is 2. The molecule has 0 bridgehead atoms. The van der Waals surface area contributed by atoms with Gasteiger partial charge < -0.3 is 24.2 Å². The molecule has 2 atom stereocenters. The first kappa shape index (κ1) is 31.5. The summed E-state index contributed by atoms with van der Waals surface area (Å²) in [5, 5.41) is 12.9. The maximum Gasteiger partial charge on any atom is 0.288 e. The van der Waals surface area contributed by atoms with Gasteiger partial charge in [-0.05, 0) is 65.6 Å². The molecule has 0 radical (unpaired) electrons. The largest absolute Gasteiger partial charge is 0.497 e. The lowest BCUT2D eigenvalue weighted by atomic mass is 9.92. The molecule has 1 aromatic heterocycles. The first-order valence-electron chi connectivity index (χ1n) is 14.9. The number of aliphatic hydroxyl groups is 1. The predicted molar refractivity (Wildman–Crippen MR) is 167 cm³/mol. The number of rotatable bonds is 11. The Morgan fingerprint density at radius 3 is 2.49 bits per heavy atom. The quantitative estimate of drug-likeness (QED) is 0.314. The van der Waals surface area contributed by atoms with Gasteiger partial charge in [0.25, 0.3) is 5.91 Å². The third-order valence-corrected chi connectivity index (χ3v) is 10.9. The number of hydrogen-bond acceptors (Lipinski definition) is 8. The molecule has 9 nitrogen and oxygen atoms in total. The summed E-state index contributed by atoms with van der Waals surface area (Å²) in [6.07, 6.45) is 7.06. The fraction of sp³-hybridized carbons (Fsp3) is 0.469. The van der Waals surface area contributed by atoms with Crippen LogP contribution in [0.25, 0.3) is 10.1 Å². The van der Waals surface area contributed by atoms with Gasteiger partial charge in [0.05, 0.1) is 25.2 Å². The van der Waals surface area contributed by atoms with E-state index in [1.807, 2.05) is 23.1 Å². The number of aliphatic hydroxyl groups excluding tert-OH is 1. The Kier molecular flexibility index (Phi) is 10.7. The van der Waals surface area contributed by atoms with E-state index in [2.05, 4.69) is 17.5 Å². The van der Waals surface area contributed by atoms with Crippen LogP contribution in [0.1, 0.15) is 50.0 Å². The summed E-state index contributed by atoms with van der Waals surface area (Å²) in [6.45, 7) is 1.04. The number of carbonyl (C=O) groups is 1. The van der Waals surface area contributed by atoms with Crippen LogP contribution in [-0.4, -0.2) is 81.4 Å². The van der Waals surface area contributed by atoms with Gasteiger partial charge in [0.15, 0.2) is 5.76 Å². The number of amides is 1. The Hall–Kier alpha value is -2.96. The van der Waals surface area contributed by atoms with Crippen LogP contribution in [0.4, 0.5) is 0 Å². The van der Waals surface area contributed by atoms with Crippen LogP contribution in [0.2, 0.25) is 0 Å². The van der Waals surface area contributed by atoms with Crippen LogP contribution in [0.5, 0.6) is 5.75 Å². The molecule has 3 heterocycles. The van der Waals surface area contributed by atoms with Gasteiger partial charge in [0.2, 0.25) is 16.3 Å². The minimum atomic E-state index is -3.88. The Bertz CT molecular complexity index is 1500. The SMILES string of the molecule is COc1ccc(S(=O)(=O)N(CCO)CCO[C@@H]2C[C@H](c3csc4ccccc34)C=C(C(=O)N3CCCCCCC3)O2)cc1. The molecule has 2 aliphatic rings. The van der Waals surface area contributed by atoms with E-state index >= 15 is 0 Å². The van der Waals surface area contributed by atoms with Gasteiger partial charge in [0.1, 0.15) is 5.75 Å². The van der Waals surface area contributed by atoms with Gasteiger partial charge in [-0.3, -0.25) is 4.79 Å². The lowest BCUT2D eigenvalue weighted by Crippen LogP contribution is -2.39. The van der Waals surface area contributed by atoms with E-state index in [0.717, 1.165) is 36.6 Å².